The number of nitrogens with one attached hydrogen (secondary N) is 1. The monoisotopic (exact) mass is 624 g/mol. The molecule has 0 saturated heterocycles. The lowest BCUT2D eigenvalue weighted by Gasteiger charge is -2.26. The Morgan fingerprint density at radius 1 is 0.545 bits per heavy atom. The summed E-state index contributed by atoms with van der Waals surface area (Å²) in [5, 5.41) is 33.4. The van der Waals surface area contributed by atoms with E-state index in [1.807, 2.05) is 0 Å². The maximum absolute atomic E-state index is 12.4. The molecule has 262 valence electrons. The molecule has 0 fully saturated rings. The van der Waals surface area contributed by atoms with Gasteiger partial charge in [0.25, 0.3) is 0 Å². The van der Waals surface area contributed by atoms with Crippen LogP contribution in [0.5, 0.6) is 0 Å². The van der Waals surface area contributed by atoms with Gasteiger partial charge in [-0.3, -0.25) is 4.79 Å². The van der Waals surface area contributed by atoms with Crippen molar-refractivity contribution < 1.29 is 20.1 Å². The summed E-state index contributed by atoms with van der Waals surface area (Å²) in [6.45, 7) is 4.16. The number of aliphatic hydroxyl groups excluding tert-OH is 3. The number of allylic oxidation sites excluding steroid dienone is 2. The first kappa shape index (κ1) is 43.1. The van der Waals surface area contributed by atoms with Crippen molar-refractivity contribution >= 4 is 5.91 Å². The molecule has 0 aliphatic rings. The van der Waals surface area contributed by atoms with E-state index in [1.54, 1.807) is 0 Å². The van der Waals surface area contributed by atoms with Crippen LogP contribution in [0, 0.1) is 0 Å². The van der Waals surface area contributed by atoms with Gasteiger partial charge in [0.2, 0.25) is 5.91 Å². The zero-order valence-electron chi connectivity index (χ0n) is 29.6. The van der Waals surface area contributed by atoms with E-state index in [0.29, 0.717) is 12.8 Å². The molecule has 0 saturated carbocycles. The minimum absolute atomic E-state index is 0.151. The lowest BCUT2D eigenvalue weighted by molar-refractivity contribution is -0.124. The van der Waals surface area contributed by atoms with Crippen molar-refractivity contribution in [3.63, 3.8) is 0 Å². The molecule has 0 heterocycles. The summed E-state index contributed by atoms with van der Waals surface area (Å²) in [6, 6.07) is -0.815. The van der Waals surface area contributed by atoms with Crippen molar-refractivity contribution in [3.05, 3.63) is 12.2 Å². The minimum atomic E-state index is -1.15. The van der Waals surface area contributed by atoms with Gasteiger partial charge in [0.15, 0.2) is 0 Å². The molecule has 0 bridgehead atoms. The molecule has 0 aromatic carbocycles. The highest BCUT2D eigenvalue weighted by molar-refractivity contribution is 5.76. The molecule has 4 N–H and O–H groups in total. The van der Waals surface area contributed by atoms with Gasteiger partial charge in [-0.1, -0.05) is 174 Å². The largest absolute Gasteiger partial charge is 0.394 e. The smallest absolute Gasteiger partial charge is 0.220 e. The normalized spacial score (nSPS) is 13.8. The van der Waals surface area contributed by atoms with Crippen LogP contribution >= 0.6 is 0 Å². The Labute approximate surface area is 274 Å². The van der Waals surface area contributed by atoms with E-state index in [9.17, 15) is 20.1 Å². The molecule has 0 unspecified atom stereocenters. The van der Waals surface area contributed by atoms with E-state index in [4.69, 9.17) is 0 Å². The highest BCUT2D eigenvalue weighted by atomic mass is 16.3. The Bertz CT molecular complexity index is 611. The van der Waals surface area contributed by atoms with E-state index in [0.717, 1.165) is 44.9 Å². The van der Waals surface area contributed by atoms with E-state index in [-0.39, 0.29) is 12.5 Å². The van der Waals surface area contributed by atoms with Gasteiger partial charge >= 0.3 is 0 Å². The molecule has 44 heavy (non-hydrogen) atoms. The summed E-state index contributed by atoms with van der Waals surface area (Å²) >= 11 is 0. The van der Waals surface area contributed by atoms with Gasteiger partial charge in [0, 0.05) is 6.42 Å². The van der Waals surface area contributed by atoms with Crippen molar-refractivity contribution in [1.29, 1.82) is 0 Å². The van der Waals surface area contributed by atoms with Gasteiger partial charge in [-0.25, -0.2) is 0 Å². The van der Waals surface area contributed by atoms with E-state index in [1.165, 1.54) is 135 Å². The zero-order valence-corrected chi connectivity index (χ0v) is 29.6. The average Bonchev–Trinajstić information content (AvgIpc) is 3.03. The number of carbonyl (C=O) groups excluding carboxylic acids is 1. The molecule has 0 spiro atoms. The number of rotatable bonds is 35. The summed E-state index contributed by atoms with van der Waals surface area (Å²) in [7, 11) is 0. The quantitative estimate of drug-likeness (QED) is 0.0418. The van der Waals surface area contributed by atoms with Gasteiger partial charge in [0.1, 0.15) is 6.10 Å². The third kappa shape index (κ3) is 29.8. The third-order valence-electron chi connectivity index (χ3n) is 9.12. The standard InChI is InChI=1S/C39H77NO4/c1-3-5-7-9-11-13-15-17-19-21-23-25-27-29-31-33-37(42)39(44)36(35-41)40-38(43)34-32-30-28-26-24-22-20-18-16-14-12-10-8-6-4-2/h23,25,36-37,39,41-42,44H,3-22,24,26-35H2,1-2H3,(H,40,43)/b25-23+/t36-,37+,39-/m0/s1. The molecule has 0 aliphatic carbocycles. The highest BCUT2D eigenvalue weighted by Gasteiger charge is 2.26. The molecule has 0 aliphatic heterocycles. The van der Waals surface area contributed by atoms with E-state index in [2.05, 4.69) is 31.3 Å². The number of aliphatic hydroxyl groups is 3. The Morgan fingerprint density at radius 2 is 0.909 bits per heavy atom. The second-order valence-electron chi connectivity index (χ2n) is 13.5. The molecular weight excluding hydrogens is 546 g/mol. The first-order valence-electron chi connectivity index (χ1n) is 19.5. The molecule has 1 amide bonds. The Kier molecular flexibility index (Phi) is 34.2. The maximum atomic E-state index is 12.4. The highest BCUT2D eigenvalue weighted by Crippen LogP contribution is 2.15. The van der Waals surface area contributed by atoms with Crippen LogP contribution in [0.2, 0.25) is 0 Å². The van der Waals surface area contributed by atoms with Gasteiger partial charge in [-0.2, -0.15) is 0 Å². The lowest BCUT2D eigenvalue weighted by Crippen LogP contribution is -2.50. The SMILES string of the molecule is CCCCCCCCCCC/C=C/CCCC[C@@H](O)[C@@H](O)[C@H](CO)NC(=O)CCCCCCCCCCCCCCCCC. The summed E-state index contributed by atoms with van der Waals surface area (Å²) in [5.74, 6) is -0.151. The average molecular weight is 624 g/mol. The topological polar surface area (TPSA) is 89.8 Å². The predicted octanol–water partition coefficient (Wildman–Crippen LogP) is 10.5. The minimum Gasteiger partial charge on any atom is -0.394 e. The molecule has 3 atom stereocenters. The number of amides is 1. The summed E-state index contributed by atoms with van der Waals surface area (Å²) in [5.41, 5.74) is 0. The van der Waals surface area contributed by atoms with Gasteiger partial charge < -0.3 is 20.6 Å². The number of unbranched alkanes of at least 4 members (excludes halogenated alkanes) is 25. The van der Waals surface area contributed by atoms with Crippen LogP contribution in [0.1, 0.15) is 206 Å². The third-order valence-corrected chi connectivity index (χ3v) is 9.12. The molecule has 5 heteroatoms. The van der Waals surface area contributed by atoms with Gasteiger partial charge in [-0.05, 0) is 38.5 Å². The fourth-order valence-corrected chi connectivity index (χ4v) is 6.04. The summed E-state index contributed by atoms with van der Waals surface area (Å²) in [4.78, 5) is 12.4. The van der Waals surface area contributed by atoms with Gasteiger partial charge in [0.05, 0.1) is 18.8 Å². The molecule has 0 radical (unpaired) electrons. The second-order valence-corrected chi connectivity index (χ2v) is 13.5. The van der Waals surface area contributed by atoms with Crippen LogP contribution in [0.15, 0.2) is 12.2 Å². The summed E-state index contributed by atoms with van der Waals surface area (Å²) < 4.78 is 0. The van der Waals surface area contributed by atoms with Crippen LogP contribution < -0.4 is 5.32 Å². The fourth-order valence-electron chi connectivity index (χ4n) is 6.04. The second kappa shape index (κ2) is 35.0. The molecule has 0 aromatic rings. The van der Waals surface area contributed by atoms with Crippen LogP contribution in [-0.4, -0.2) is 46.1 Å². The van der Waals surface area contributed by atoms with Crippen molar-refractivity contribution in [2.45, 2.75) is 225 Å². The van der Waals surface area contributed by atoms with Crippen LogP contribution in [0.3, 0.4) is 0 Å². The molecule has 0 rings (SSSR count). The number of hydrogen-bond donors (Lipinski definition) is 4. The first-order chi connectivity index (χ1) is 21.6. The Hall–Kier alpha value is -0.910. The number of hydrogen-bond acceptors (Lipinski definition) is 4. The first-order valence-corrected chi connectivity index (χ1v) is 19.5. The van der Waals surface area contributed by atoms with Crippen molar-refractivity contribution in [2.75, 3.05) is 6.61 Å². The maximum Gasteiger partial charge on any atom is 0.220 e. The fraction of sp³-hybridized carbons (Fsp3) is 0.923. The van der Waals surface area contributed by atoms with Crippen molar-refractivity contribution in [1.82, 2.24) is 5.32 Å². The molecular formula is C39H77NO4. The predicted molar refractivity (Wildman–Crippen MR) is 190 cm³/mol. The summed E-state index contributed by atoms with van der Waals surface area (Å²) in [6.07, 6.45) is 38.7. The lowest BCUT2D eigenvalue weighted by atomic mass is 10.00. The van der Waals surface area contributed by atoms with Crippen molar-refractivity contribution in [2.24, 2.45) is 0 Å². The van der Waals surface area contributed by atoms with Crippen molar-refractivity contribution in [3.8, 4) is 0 Å². The van der Waals surface area contributed by atoms with Crippen LogP contribution in [-0.2, 0) is 4.79 Å². The zero-order chi connectivity index (χ0) is 32.4. The Balaban J connectivity index is 3.69. The van der Waals surface area contributed by atoms with Gasteiger partial charge in [-0.15, -0.1) is 0 Å². The van der Waals surface area contributed by atoms with E-state index >= 15 is 0 Å². The number of carbonyl (C=O) groups is 1. The Morgan fingerprint density at radius 3 is 1.32 bits per heavy atom. The molecule has 0 aromatic heterocycles. The van der Waals surface area contributed by atoms with Crippen LogP contribution in [0.4, 0.5) is 0 Å². The van der Waals surface area contributed by atoms with E-state index < -0.39 is 18.2 Å². The molecule has 5 nitrogen and oxygen atoms in total. The van der Waals surface area contributed by atoms with Crippen LogP contribution in [0.25, 0.3) is 0 Å².